The topological polar surface area (TPSA) is 133 Å². The fourth-order valence-electron chi connectivity index (χ4n) is 7.19. The van der Waals surface area contributed by atoms with E-state index < -0.39 is 35.6 Å². The maximum absolute atomic E-state index is 13.5. The fourth-order valence-corrected chi connectivity index (χ4v) is 8.90. The molecule has 0 saturated heterocycles. The van der Waals surface area contributed by atoms with Crippen molar-refractivity contribution in [1.82, 2.24) is 5.32 Å². The van der Waals surface area contributed by atoms with E-state index in [0.29, 0.717) is 18.4 Å². The number of hydrogen-bond acceptors (Lipinski definition) is 7. The van der Waals surface area contributed by atoms with Crippen molar-refractivity contribution in [1.29, 1.82) is 0 Å². The van der Waals surface area contributed by atoms with Crippen LogP contribution in [0.3, 0.4) is 0 Å². The lowest BCUT2D eigenvalue weighted by Crippen LogP contribution is -2.48. The number of nitrogens with two attached hydrogens (primary N) is 1. The van der Waals surface area contributed by atoms with Gasteiger partial charge in [-0.05, 0) is 126 Å². The lowest BCUT2D eigenvalue weighted by atomic mass is 10.0. The summed E-state index contributed by atoms with van der Waals surface area (Å²) >= 11 is 3.51. The number of hydrogen-bond donors (Lipinski definition) is 3. The second kappa shape index (κ2) is 28.3. The number of halogens is 2. The highest BCUT2D eigenvalue weighted by Crippen LogP contribution is 2.27. The van der Waals surface area contributed by atoms with Crippen LogP contribution < -0.4 is 20.9 Å². The third-order valence-corrected chi connectivity index (χ3v) is 13.5. The molecule has 0 aliphatic heterocycles. The summed E-state index contributed by atoms with van der Waals surface area (Å²) in [5.74, 6) is -0.841. The first-order valence-electron chi connectivity index (χ1n) is 23.3. The Hall–Kier alpha value is -7.84. The number of carbonyl (C=O) groups is 4. The number of aromatic carboxylic acids is 1. The molecule has 8 aromatic rings. The van der Waals surface area contributed by atoms with Crippen molar-refractivity contribution >= 4 is 58.6 Å². The molecular weight excluding hydrogens is 959 g/mol. The Morgan fingerprint density at radius 1 is 0.479 bits per heavy atom. The SMILES string of the molecule is CN(C(=O)[C@@H](N)Cc1ccccc1)c1ccc(SCc2ccccc2)cc1.CN(C(=O)[C@H](Cc1ccccc1)NC(=O)c1ccc(F)cc1)c1ccc(SCc2ccccc2)cc1.O=C(O)c1ccc(F)cc1. The molecule has 372 valence electrons. The normalized spacial score (nSPS) is 11.3. The highest BCUT2D eigenvalue weighted by molar-refractivity contribution is 7.98. The maximum atomic E-state index is 13.5. The highest BCUT2D eigenvalue weighted by Gasteiger charge is 2.26. The van der Waals surface area contributed by atoms with Crippen LogP contribution in [0.25, 0.3) is 0 Å². The lowest BCUT2D eigenvalue weighted by Gasteiger charge is -2.25. The Balaban J connectivity index is 0.000000205. The summed E-state index contributed by atoms with van der Waals surface area (Å²) in [7, 11) is 3.48. The second-order valence-electron chi connectivity index (χ2n) is 16.7. The van der Waals surface area contributed by atoms with Gasteiger partial charge in [-0.1, -0.05) is 121 Å². The van der Waals surface area contributed by atoms with E-state index in [2.05, 4.69) is 53.8 Å². The van der Waals surface area contributed by atoms with Gasteiger partial charge in [0.1, 0.15) is 17.7 Å². The number of carbonyl (C=O) groups excluding carboxylic acids is 3. The van der Waals surface area contributed by atoms with Crippen LogP contribution >= 0.6 is 23.5 Å². The van der Waals surface area contributed by atoms with E-state index in [1.54, 1.807) is 47.4 Å². The standard InChI is InChI=1S/C30H27FN2O2S.C23H24N2OS.C7H5FO2/c1-33(26-16-18-27(19-17-26)36-21-23-10-6-3-7-11-23)30(35)28(20-22-8-4-2-5-9-22)32-29(34)24-12-14-25(31)15-13-24;1-25(23(26)22(24)16-18-8-4-2-5-9-18)20-12-14-21(15-13-20)27-17-19-10-6-3-7-11-19;8-6-3-1-5(2-4-6)7(9)10/h2-19,28H,20-21H2,1H3,(H,32,34);2-15,22H,16-17,24H2,1H3;1-4H,(H,9,10)/t28-;22-;/m00./s1. The van der Waals surface area contributed by atoms with Gasteiger partial charge in [-0.15, -0.1) is 23.5 Å². The van der Waals surface area contributed by atoms with Gasteiger partial charge in [-0.25, -0.2) is 13.6 Å². The summed E-state index contributed by atoms with van der Waals surface area (Å²) in [6.07, 6.45) is 0.872. The molecule has 0 fully saturated rings. The molecule has 0 spiro atoms. The van der Waals surface area contributed by atoms with Crippen LogP contribution in [0.2, 0.25) is 0 Å². The van der Waals surface area contributed by atoms with Gasteiger partial charge in [0.2, 0.25) is 11.8 Å². The molecule has 0 bridgehead atoms. The van der Waals surface area contributed by atoms with Crippen molar-refractivity contribution in [2.24, 2.45) is 5.73 Å². The van der Waals surface area contributed by atoms with E-state index in [4.69, 9.17) is 10.8 Å². The average Bonchev–Trinajstić information content (AvgIpc) is 3.43. The van der Waals surface area contributed by atoms with Crippen LogP contribution in [0, 0.1) is 11.6 Å². The molecular formula is C60H56F2N4O5S2. The largest absolute Gasteiger partial charge is 0.478 e. The number of nitrogens with one attached hydrogen (secondary N) is 1. The van der Waals surface area contributed by atoms with E-state index in [1.165, 1.54) is 52.4 Å². The zero-order valence-electron chi connectivity index (χ0n) is 40.4. The molecule has 4 N–H and O–H groups in total. The van der Waals surface area contributed by atoms with Crippen LogP contribution in [0.1, 0.15) is 43.0 Å². The molecule has 0 aliphatic rings. The van der Waals surface area contributed by atoms with Gasteiger partial charge < -0.3 is 26.0 Å². The quantitative estimate of drug-likeness (QED) is 0.0768. The number of likely N-dealkylation sites (N-methyl/N-ethyl adjacent to an activating group) is 2. The summed E-state index contributed by atoms with van der Waals surface area (Å²) < 4.78 is 25.4. The predicted molar refractivity (Wildman–Crippen MR) is 291 cm³/mol. The molecule has 3 amide bonds. The molecule has 2 atom stereocenters. The van der Waals surface area contributed by atoms with Crippen LogP contribution in [-0.4, -0.2) is 55.0 Å². The molecule has 0 heterocycles. The predicted octanol–water partition coefficient (Wildman–Crippen LogP) is 12.2. The molecule has 13 heteroatoms. The minimum absolute atomic E-state index is 0.0801. The summed E-state index contributed by atoms with van der Waals surface area (Å²) in [4.78, 5) is 54.7. The molecule has 8 aromatic carbocycles. The van der Waals surface area contributed by atoms with Gasteiger partial charge in [0.25, 0.3) is 5.91 Å². The Kier molecular flexibility index (Phi) is 21.1. The Morgan fingerprint density at radius 2 is 0.836 bits per heavy atom. The van der Waals surface area contributed by atoms with Gasteiger partial charge in [0, 0.05) is 58.8 Å². The van der Waals surface area contributed by atoms with Crippen molar-refractivity contribution in [3.05, 3.63) is 263 Å². The summed E-state index contributed by atoms with van der Waals surface area (Å²) in [6, 6.07) is 64.5. The number of rotatable bonds is 17. The second-order valence-corrected chi connectivity index (χ2v) is 18.8. The first-order valence-corrected chi connectivity index (χ1v) is 25.3. The number of benzene rings is 8. The zero-order chi connectivity index (χ0) is 52.0. The number of carboxylic acid groups (broad SMARTS) is 1. The molecule has 0 aliphatic carbocycles. The van der Waals surface area contributed by atoms with E-state index in [9.17, 15) is 28.0 Å². The third kappa shape index (κ3) is 17.8. The number of carboxylic acids is 1. The number of thioether (sulfide) groups is 2. The average molecular weight is 1020 g/mol. The van der Waals surface area contributed by atoms with Gasteiger partial charge in [0.05, 0.1) is 11.6 Å². The van der Waals surface area contributed by atoms with Crippen LogP contribution in [0.5, 0.6) is 0 Å². The Labute approximate surface area is 434 Å². The molecule has 0 saturated carbocycles. The molecule has 0 unspecified atom stereocenters. The summed E-state index contributed by atoms with van der Waals surface area (Å²) in [5, 5.41) is 11.2. The number of amides is 3. The van der Waals surface area contributed by atoms with E-state index in [0.717, 1.165) is 51.0 Å². The van der Waals surface area contributed by atoms with E-state index in [-0.39, 0.29) is 17.4 Å². The van der Waals surface area contributed by atoms with Gasteiger partial charge in [-0.3, -0.25) is 14.4 Å². The van der Waals surface area contributed by atoms with Crippen LogP contribution in [0.15, 0.2) is 228 Å². The Bertz CT molecular complexity index is 2960. The minimum Gasteiger partial charge on any atom is -0.478 e. The van der Waals surface area contributed by atoms with E-state index >= 15 is 0 Å². The first kappa shape index (κ1) is 54.5. The van der Waals surface area contributed by atoms with E-state index in [1.807, 2.05) is 121 Å². The zero-order valence-corrected chi connectivity index (χ0v) is 42.0. The monoisotopic (exact) mass is 1010 g/mol. The molecule has 9 nitrogen and oxygen atoms in total. The highest BCUT2D eigenvalue weighted by atomic mass is 32.2. The number of nitrogens with zero attached hydrogens (tertiary/aromatic N) is 2. The first-order chi connectivity index (χ1) is 35.3. The van der Waals surface area contributed by atoms with Crippen molar-refractivity contribution in [3.8, 4) is 0 Å². The smallest absolute Gasteiger partial charge is 0.335 e. The number of anilines is 2. The van der Waals surface area contributed by atoms with Gasteiger partial charge >= 0.3 is 5.97 Å². The molecule has 73 heavy (non-hydrogen) atoms. The fraction of sp³-hybridized carbons (Fsp3) is 0.133. The summed E-state index contributed by atoms with van der Waals surface area (Å²) in [6.45, 7) is 0. The van der Waals surface area contributed by atoms with Crippen molar-refractivity contribution in [3.63, 3.8) is 0 Å². The third-order valence-electron chi connectivity index (χ3n) is 11.3. The van der Waals surface area contributed by atoms with Crippen LogP contribution in [0.4, 0.5) is 20.2 Å². The van der Waals surface area contributed by atoms with Crippen molar-refractivity contribution < 1.29 is 33.1 Å². The van der Waals surface area contributed by atoms with Crippen molar-refractivity contribution in [2.45, 2.75) is 46.2 Å². The maximum Gasteiger partial charge on any atom is 0.335 e. The molecule has 0 radical (unpaired) electrons. The Morgan fingerprint density at radius 3 is 1.23 bits per heavy atom. The summed E-state index contributed by atoms with van der Waals surface area (Å²) in [5.41, 5.74) is 12.7. The molecule has 8 rings (SSSR count). The van der Waals surface area contributed by atoms with Crippen molar-refractivity contribution in [2.75, 3.05) is 23.9 Å². The van der Waals surface area contributed by atoms with Gasteiger partial charge in [0.15, 0.2) is 0 Å². The van der Waals surface area contributed by atoms with Crippen LogP contribution in [-0.2, 0) is 33.9 Å². The minimum atomic E-state index is -1.04. The molecule has 0 aromatic heterocycles. The van der Waals surface area contributed by atoms with Gasteiger partial charge in [-0.2, -0.15) is 0 Å². The lowest BCUT2D eigenvalue weighted by molar-refractivity contribution is -0.120.